The minimum atomic E-state index is -0.253. The van der Waals surface area contributed by atoms with E-state index in [9.17, 15) is 9.59 Å². The van der Waals surface area contributed by atoms with Crippen LogP contribution in [0.1, 0.15) is 26.3 Å². The summed E-state index contributed by atoms with van der Waals surface area (Å²) >= 11 is 0. The first-order valence-corrected chi connectivity index (χ1v) is 7.96. The third kappa shape index (κ3) is 4.32. The highest BCUT2D eigenvalue weighted by molar-refractivity contribution is 6.08. The molecule has 0 aliphatic carbocycles. The zero-order valence-electron chi connectivity index (χ0n) is 13.8. The molecule has 0 bridgehead atoms. The molecular weight excluding hydrogens is 312 g/mol. The van der Waals surface area contributed by atoms with Gasteiger partial charge in [0.15, 0.2) is 0 Å². The van der Waals surface area contributed by atoms with Gasteiger partial charge in [0, 0.05) is 22.5 Å². The molecule has 0 atom stereocenters. The van der Waals surface area contributed by atoms with Crippen molar-refractivity contribution in [2.75, 3.05) is 10.6 Å². The number of carbonyl (C=O) groups excluding carboxylic acids is 2. The van der Waals surface area contributed by atoms with Gasteiger partial charge in [-0.25, -0.2) is 0 Å². The van der Waals surface area contributed by atoms with Crippen LogP contribution in [0.15, 0.2) is 78.9 Å². The molecule has 0 saturated carbocycles. The zero-order chi connectivity index (χ0) is 17.6. The molecule has 124 valence electrons. The van der Waals surface area contributed by atoms with Gasteiger partial charge in [-0.2, -0.15) is 0 Å². The molecule has 0 fully saturated rings. The summed E-state index contributed by atoms with van der Waals surface area (Å²) in [6.07, 6.45) is 0. The summed E-state index contributed by atoms with van der Waals surface area (Å²) in [6, 6.07) is 23.4. The number of amides is 2. The molecule has 3 aromatic rings. The molecule has 0 aromatic heterocycles. The van der Waals surface area contributed by atoms with Crippen molar-refractivity contribution >= 4 is 23.2 Å². The van der Waals surface area contributed by atoms with Gasteiger partial charge >= 0.3 is 0 Å². The average Bonchev–Trinajstić information content (AvgIpc) is 2.62. The van der Waals surface area contributed by atoms with Crippen LogP contribution in [0.5, 0.6) is 0 Å². The van der Waals surface area contributed by atoms with E-state index in [0.29, 0.717) is 16.8 Å². The van der Waals surface area contributed by atoms with Gasteiger partial charge in [0.2, 0.25) is 0 Å². The number of aryl methyl sites for hydroxylation is 1. The molecule has 3 aromatic carbocycles. The molecule has 25 heavy (non-hydrogen) atoms. The minimum Gasteiger partial charge on any atom is -0.322 e. The maximum absolute atomic E-state index is 12.4. The first kappa shape index (κ1) is 16.5. The molecule has 4 nitrogen and oxygen atoms in total. The monoisotopic (exact) mass is 330 g/mol. The molecule has 0 aliphatic rings. The van der Waals surface area contributed by atoms with Crippen LogP contribution in [-0.4, -0.2) is 11.8 Å². The standard InChI is InChI=1S/C21H18N2O2/c1-15-7-5-12-19(13-15)23-21(25)17-9-6-8-16(14-17)20(24)22-18-10-3-2-4-11-18/h2-14H,1H3,(H,22,24)(H,23,25). The van der Waals surface area contributed by atoms with E-state index in [0.717, 1.165) is 11.3 Å². The summed E-state index contributed by atoms with van der Waals surface area (Å²) in [5.74, 6) is -0.503. The Hall–Kier alpha value is -3.40. The number of rotatable bonds is 4. The van der Waals surface area contributed by atoms with Gasteiger partial charge in [0.25, 0.3) is 11.8 Å². The highest BCUT2D eigenvalue weighted by atomic mass is 16.2. The average molecular weight is 330 g/mol. The molecular formula is C21H18N2O2. The highest BCUT2D eigenvalue weighted by Crippen LogP contribution is 2.14. The lowest BCUT2D eigenvalue weighted by Gasteiger charge is -2.08. The number of para-hydroxylation sites is 1. The summed E-state index contributed by atoms with van der Waals surface area (Å²) in [5.41, 5.74) is 3.36. The number of benzene rings is 3. The van der Waals surface area contributed by atoms with E-state index in [2.05, 4.69) is 10.6 Å². The normalized spacial score (nSPS) is 10.1. The summed E-state index contributed by atoms with van der Waals surface area (Å²) < 4.78 is 0. The van der Waals surface area contributed by atoms with Gasteiger partial charge in [0.05, 0.1) is 0 Å². The second-order valence-electron chi connectivity index (χ2n) is 5.72. The van der Waals surface area contributed by atoms with Crippen LogP contribution in [-0.2, 0) is 0 Å². The van der Waals surface area contributed by atoms with E-state index in [4.69, 9.17) is 0 Å². The molecule has 0 spiro atoms. The molecule has 0 unspecified atom stereocenters. The summed E-state index contributed by atoms with van der Waals surface area (Å²) in [4.78, 5) is 24.8. The number of hydrogen-bond acceptors (Lipinski definition) is 2. The van der Waals surface area contributed by atoms with Gasteiger partial charge in [-0.1, -0.05) is 36.4 Å². The van der Waals surface area contributed by atoms with Gasteiger partial charge < -0.3 is 10.6 Å². The molecule has 2 amide bonds. The Morgan fingerprint density at radius 3 is 1.84 bits per heavy atom. The quantitative estimate of drug-likeness (QED) is 0.740. The third-order valence-corrected chi connectivity index (χ3v) is 3.69. The van der Waals surface area contributed by atoms with Crippen molar-refractivity contribution in [2.24, 2.45) is 0 Å². The predicted octanol–water partition coefficient (Wildman–Crippen LogP) is 4.50. The van der Waals surface area contributed by atoms with Crippen LogP contribution >= 0.6 is 0 Å². The van der Waals surface area contributed by atoms with Crippen molar-refractivity contribution in [1.29, 1.82) is 0 Å². The van der Waals surface area contributed by atoms with E-state index in [1.807, 2.05) is 61.5 Å². The van der Waals surface area contributed by atoms with E-state index < -0.39 is 0 Å². The van der Waals surface area contributed by atoms with E-state index in [1.54, 1.807) is 24.3 Å². The van der Waals surface area contributed by atoms with Crippen molar-refractivity contribution in [3.8, 4) is 0 Å². The Labute approximate surface area is 146 Å². The van der Waals surface area contributed by atoms with Gasteiger partial charge in [0.1, 0.15) is 0 Å². The number of carbonyl (C=O) groups is 2. The molecule has 3 rings (SSSR count). The second-order valence-corrected chi connectivity index (χ2v) is 5.72. The van der Waals surface area contributed by atoms with Crippen molar-refractivity contribution in [1.82, 2.24) is 0 Å². The second kappa shape index (κ2) is 7.45. The maximum atomic E-state index is 12.4. The van der Waals surface area contributed by atoms with Gasteiger partial charge in [-0.05, 0) is 55.0 Å². The van der Waals surface area contributed by atoms with Crippen LogP contribution in [0.3, 0.4) is 0 Å². The third-order valence-electron chi connectivity index (χ3n) is 3.69. The number of anilines is 2. The molecule has 0 aliphatic heterocycles. The lowest BCUT2D eigenvalue weighted by molar-refractivity contribution is 0.102. The van der Waals surface area contributed by atoms with Crippen molar-refractivity contribution in [3.05, 3.63) is 95.6 Å². The zero-order valence-corrected chi connectivity index (χ0v) is 13.8. The SMILES string of the molecule is Cc1cccc(NC(=O)c2cccc(C(=O)Nc3ccccc3)c2)c1. The minimum absolute atomic E-state index is 0.250. The largest absolute Gasteiger partial charge is 0.322 e. The van der Waals surface area contributed by atoms with Crippen LogP contribution in [0.25, 0.3) is 0 Å². The molecule has 0 saturated heterocycles. The summed E-state index contributed by atoms with van der Waals surface area (Å²) in [6.45, 7) is 1.96. The Balaban J connectivity index is 1.74. The van der Waals surface area contributed by atoms with Crippen molar-refractivity contribution in [2.45, 2.75) is 6.92 Å². The highest BCUT2D eigenvalue weighted by Gasteiger charge is 2.11. The molecule has 4 heteroatoms. The van der Waals surface area contributed by atoms with Gasteiger partial charge in [-0.15, -0.1) is 0 Å². The van der Waals surface area contributed by atoms with E-state index in [-0.39, 0.29) is 11.8 Å². The van der Waals surface area contributed by atoms with Crippen LogP contribution in [0, 0.1) is 6.92 Å². The van der Waals surface area contributed by atoms with Crippen LogP contribution in [0.4, 0.5) is 11.4 Å². The lowest BCUT2D eigenvalue weighted by atomic mass is 10.1. The predicted molar refractivity (Wildman–Crippen MR) is 100.0 cm³/mol. The fraction of sp³-hybridized carbons (Fsp3) is 0.0476. The van der Waals surface area contributed by atoms with Crippen molar-refractivity contribution < 1.29 is 9.59 Å². The van der Waals surface area contributed by atoms with E-state index in [1.165, 1.54) is 0 Å². The fourth-order valence-corrected chi connectivity index (χ4v) is 2.45. The molecule has 0 heterocycles. The smallest absolute Gasteiger partial charge is 0.255 e. The molecule has 0 radical (unpaired) electrons. The Morgan fingerprint density at radius 1 is 0.640 bits per heavy atom. The lowest BCUT2D eigenvalue weighted by Crippen LogP contribution is -2.15. The van der Waals surface area contributed by atoms with Crippen LogP contribution < -0.4 is 10.6 Å². The Kier molecular flexibility index (Phi) is 4.90. The first-order valence-electron chi connectivity index (χ1n) is 7.96. The topological polar surface area (TPSA) is 58.2 Å². The van der Waals surface area contributed by atoms with E-state index >= 15 is 0 Å². The Morgan fingerprint density at radius 2 is 1.20 bits per heavy atom. The maximum Gasteiger partial charge on any atom is 0.255 e. The van der Waals surface area contributed by atoms with Crippen molar-refractivity contribution in [3.63, 3.8) is 0 Å². The number of nitrogens with one attached hydrogen (secondary N) is 2. The van der Waals surface area contributed by atoms with Crippen LogP contribution in [0.2, 0.25) is 0 Å². The fourth-order valence-electron chi connectivity index (χ4n) is 2.45. The number of hydrogen-bond donors (Lipinski definition) is 2. The molecule has 2 N–H and O–H groups in total. The Bertz CT molecular complexity index is 905. The summed E-state index contributed by atoms with van der Waals surface area (Å²) in [5, 5.41) is 5.66. The summed E-state index contributed by atoms with van der Waals surface area (Å²) in [7, 11) is 0. The van der Waals surface area contributed by atoms with Gasteiger partial charge in [-0.3, -0.25) is 9.59 Å². The first-order chi connectivity index (χ1) is 12.1.